The molecule has 0 fully saturated rings. The van der Waals surface area contributed by atoms with E-state index in [4.69, 9.17) is 17.3 Å². The summed E-state index contributed by atoms with van der Waals surface area (Å²) in [6.07, 6.45) is 0. The van der Waals surface area contributed by atoms with Crippen LogP contribution in [0.5, 0.6) is 0 Å². The lowest BCUT2D eigenvalue weighted by atomic mass is 10.1. The first kappa shape index (κ1) is 13.9. The van der Waals surface area contributed by atoms with Gasteiger partial charge in [0.25, 0.3) is 0 Å². The molecule has 0 spiro atoms. The monoisotopic (exact) mass is 303 g/mol. The molecule has 0 unspecified atom stereocenters. The number of nitrogens with zero attached hydrogens (tertiary/aromatic N) is 2. The third-order valence-electron chi connectivity index (χ3n) is 3.46. The number of fused-ring (bicyclic) bond motifs is 1. The van der Waals surface area contributed by atoms with Crippen LogP contribution >= 0.6 is 11.6 Å². The van der Waals surface area contributed by atoms with Gasteiger partial charge in [-0.3, -0.25) is 0 Å². The van der Waals surface area contributed by atoms with Gasteiger partial charge in [0.15, 0.2) is 5.82 Å². The highest BCUT2D eigenvalue weighted by atomic mass is 35.5. The summed E-state index contributed by atoms with van der Waals surface area (Å²) in [5.41, 5.74) is 8.29. The molecule has 3 nitrogen and oxygen atoms in total. The molecule has 5 heteroatoms. The van der Waals surface area contributed by atoms with Gasteiger partial charge in [0.2, 0.25) is 0 Å². The van der Waals surface area contributed by atoms with Crippen molar-refractivity contribution in [1.82, 2.24) is 9.55 Å². The number of para-hydroxylation sites is 1. The van der Waals surface area contributed by atoms with E-state index in [1.54, 1.807) is 24.3 Å². The van der Waals surface area contributed by atoms with Gasteiger partial charge in [-0.1, -0.05) is 23.7 Å². The highest BCUT2D eigenvalue weighted by Crippen LogP contribution is 2.36. The third-order valence-corrected chi connectivity index (χ3v) is 3.77. The predicted octanol–water partition coefficient (Wildman–Crippen LogP) is 4.66. The van der Waals surface area contributed by atoms with Gasteiger partial charge in [0, 0.05) is 11.7 Å². The van der Waals surface area contributed by atoms with Crippen LogP contribution in [0.3, 0.4) is 0 Å². The molecule has 0 amide bonds. The molecule has 0 saturated heterocycles. The summed E-state index contributed by atoms with van der Waals surface area (Å²) < 4.78 is 16.0. The van der Waals surface area contributed by atoms with Crippen LogP contribution in [0.1, 0.15) is 19.9 Å². The van der Waals surface area contributed by atoms with Crippen LogP contribution in [-0.4, -0.2) is 9.55 Å². The van der Waals surface area contributed by atoms with Crippen molar-refractivity contribution in [3.05, 3.63) is 47.2 Å². The molecule has 0 aliphatic carbocycles. The summed E-state index contributed by atoms with van der Waals surface area (Å²) in [7, 11) is 0. The van der Waals surface area contributed by atoms with Crippen LogP contribution in [-0.2, 0) is 0 Å². The van der Waals surface area contributed by atoms with E-state index in [-0.39, 0.29) is 11.9 Å². The maximum absolute atomic E-state index is 14.0. The molecule has 21 heavy (non-hydrogen) atoms. The number of imidazole rings is 1. The molecule has 0 saturated carbocycles. The fourth-order valence-corrected chi connectivity index (χ4v) is 2.83. The van der Waals surface area contributed by atoms with Crippen molar-refractivity contribution >= 4 is 28.3 Å². The van der Waals surface area contributed by atoms with Crippen molar-refractivity contribution in [3.8, 4) is 11.4 Å². The first-order valence-electron chi connectivity index (χ1n) is 6.71. The Morgan fingerprint density at radius 2 is 1.90 bits per heavy atom. The van der Waals surface area contributed by atoms with E-state index in [1.165, 1.54) is 6.07 Å². The van der Waals surface area contributed by atoms with E-state index in [1.807, 2.05) is 24.5 Å². The fraction of sp³-hybridized carbons (Fsp3) is 0.188. The summed E-state index contributed by atoms with van der Waals surface area (Å²) in [5.74, 6) is 0.243. The average molecular weight is 304 g/mol. The zero-order valence-electron chi connectivity index (χ0n) is 11.8. The molecule has 0 aliphatic rings. The Kier molecular flexibility index (Phi) is 3.33. The Morgan fingerprint density at radius 3 is 2.57 bits per heavy atom. The number of anilines is 1. The van der Waals surface area contributed by atoms with Gasteiger partial charge in [0.1, 0.15) is 11.3 Å². The Labute approximate surface area is 127 Å². The zero-order valence-corrected chi connectivity index (χ0v) is 12.5. The highest BCUT2D eigenvalue weighted by Gasteiger charge is 2.20. The molecule has 2 N–H and O–H groups in total. The van der Waals surface area contributed by atoms with Gasteiger partial charge in [-0.15, -0.1) is 0 Å². The normalized spacial score (nSPS) is 11.5. The minimum absolute atomic E-state index is 0.0995. The van der Waals surface area contributed by atoms with Crippen molar-refractivity contribution in [2.24, 2.45) is 0 Å². The molecular weight excluding hydrogens is 289 g/mol. The van der Waals surface area contributed by atoms with Gasteiger partial charge in [-0.05, 0) is 38.1 Å². The second-order valence-electron chi connectivity index (χ2n) is 5.21. The molecule has 108 valence electrons. The summed E-state index contributed by atoms with van der Waals surface area (Å²) >= 11 is 6.28. The van der Waals surface area contributed by atoms with Crippen LogP contribution in [0.2, 0.25) is 5.02 Å². The smallest absolute Gasteiger partial charge is 0.151 e. The molecule has 1 heterocycles. The lowest BCUT2D eigenvalue weighted by Crippen LogP contribution is -2.04. The minimum Gasteiger partial charge on any atom is -0.398 e. The Bertz CT molecular complexity index is 803. The summed E-state index contributed by atoms with van der Waals surface area (Å²) in [6, 6.07) is 10.3. The highest BCUT2D eigenvalue weighted by molar-refractivity contribution is 6.33. The maximum Gasteiger partial charge on any atom is 0.151 e. The first-order chi connectivity index (χ1) is 10.0. The van der Waals surface area contributed by atoms with Crippen molar-refractivity contribution in [2.45, 2.75) is 19.9 Å². The first-order valence-corrected chi connectivity index (χ1v) is 7.09. The van der Waals surface area contributed by atoms with E-state index in [0.717, 1.165) is 5.52 Å². The molecule has 0 aliphatic heterocycles. The molecule has 1 aromatic heterocycles. The topological polar surface area (TPSA) is 43.8 Å². The largest absolute Gasteiger partial charge is 0.398 e. The molecule has 0 radical (unpaired) electrons. The second kappa shape index (κ2) is 5.04. The number of hydrogen-bond donors (Lipinski definition) is 1. The number of aromatic nitrogens is 2. The Hall–Kier alpha value is -2.07. The SMILES string of the molecule is CC(C)n1c(-c2c(N)cccc2Cl)nc2c(F)cccc21. The standard InChI is InChI=1S/C16H15ClFN3/c1-9(2)21-13-8-4-6-11(18)15(13)20-16(21)14-10(17)5-3-7-12(14)19/h3-9H,19H2,1-2H3. The molecule has 2 aromatic carbocycles. The molecular formula is C16H15ClFN3. The number of nitrogen functional groups attached to an aromatic ring is 1. The Balaban J connectivity index is 2.43. The second-order valence-corrected chi connectivity index (χ2v) is 5.62. The van der Waals surface area contributed by atoms with Crippen molar-refractivity contribution in [3.63, 3.8) is 0 Å². The van der Waals surface area contributed by atoms with Gasteiger partial charge in [-0.2, -0.15) is 0 Å². The average Bonchev–Trinajstić information content (AvgIpc) is 2.79. The number of nitrogens with two attached hydrogens (primary N) is 1. The van der Waals surface area contributed by atoms with Crippen LogP contribution < -0.4 is 5.73 Å². The number of benzene rings is 2. The van der Waals surface area contributed by atoms with Crippen LogP contribution in [0.4, 0.5) is 10.1 Å². The van der Waals surface area contributed by atoms with E-state index in [2.05, 4.69) is 4.98 Å². The van der Waals surface area contributed by atoms with Gasteiger partial charge in [0.05, 0.1) is 16.1 Å². The number of halogens is 2. The summed E-state index contributed by atoms with van der Waals surface area (Å²) in [5, 5.41) is 0.507. The van der Waals surface area contributed by atoms with E-state index in [9.17, 15) is 4.39 Å². The molecule has 0 atom stereocenters. The lowest BCUT2D eigenvalue weighted by molar-refractivity contribution is 0.623. The third kappa shape index (κ3) is 2.16. The van der Waals surface area contributed by atoms with Crippen LogP contribution in [0, 0.1) is 5.82 Å². The molecule has 3 rings (SSSR count). The lowest BCUT2D eigenvalue weighted by Gasteiger charge is -2.15. The van der Waals surface area contributed by atoms with Crippen molar-refractivity contribution < 1.29 is 4.39 Å². The van der Waals surface area contributed by atoms with Gasteiger partial charge in [-0.25, -0.2) is 9.37 Å². The summed E-state index contributed by atoms with van der Waals surface area (Å²) in [4.78, 5) is 4.45. The minimum atomic E-state index is -0.348. The van der Waals surface area contributed by atoms with Crippen LogP contribution in [0.25, 0.3) is 22.4 Å². The predicted molar refractivity (Wildman–Crippen MR) is 84.9 cm³/mol. The van der Waals surface area contributed by atoms with Crippen molar-refractivity contribution in [1.29, 1.82) is 0 Å². The van der Waals surface area contributed by atoms with Gasteiger partial charge >= 0.3 is 0 Å². The van der Waals surface area contributed by atoms with Crippen molar-refractivity contribution in [2.75, 3.05) is 5.73 Å². The zero-order chi connectivity index (χ0) is 15.1. The Morgan fingerprint density at radius 1 is 1.19 bits per heavy atom. The van der Waals surface area contributed by atoms with Gasteiger partial charge < -0.3 is 10.3 Å². The van der Waals surface area contributed by atoms with E-state index in [0.29, 0.717) is 27.6 Å². The quantitative estimate of drug-likeness (QED) is 0.700. The van der Waals surface area contributed by atoms with E-state index < -0.39 is 0 Å². The fourth-order valence-electron chi connectivity index (χ4n) is 2.56. The molecule has 0 bridgehead atoms. The number of hydrogen-bond acceptors (Lipinski definition) is 2. The molecule has 3 aromatic rings. The van der Waals surface area contributed by atoms with Crippen LogP contribution in [0.15, 0.2) is 36.4 Å². The summed E-state index contributed by atoms with van der Waals surface area (Å²) in [6.45, 7) is 4.03. The number of rotatable bonds is 2. The maximum atomic E-state index is 14.0. The van der Waals surface area contributed by atoms with E-state index >= 15 is 0 Å².